The normalized spacial score (nSPS) is 15.9. The van der Waals surface area contributed by atoms with Gasteiger partial charge in [0.1, 0.15) is 11.7 Å². The number of nitrogens with zero attached hydrogens (tertiary/aromatic N) is 3. The van der Waals surface area contributed by atoms with Crippen LogP contribution in [0.2, 0.25) is 5.02 Å². The van der Waals surface area contributed by atoms with Gasteiger partial charge in [0, 0.05) is 16.6 Å². The van der Waals surface area contributed by atoms with E-state index >= 15 is 0 Å². The highest BCUT2D eigenvalue weighted by molar-refractivity contribution is 7.14. The van der Waals surface area contributed by atoms with Crippen LogP contribution >= 0.6 is 22.9 Å². The molecule has 2 aromatic heterocycles. The molecular weight excluding hydrogens is 426 g/mol. The Balaban J connectivity index is 1.37. The zero-order chi connectivity index (χ0) is 21.1. The van der Waals surface area contributed by atoms with Crippen molar-refractivity contribution in [3.8, 4) is 11.4 Å². The average molecular weight is 442 g/mol. The fraction of sp³-hybridized carbons (Fsp3) is 0.150. The third-order valence-electron chi connectivity index (χ3n) is 4.46. The molecule has 1 aliphatic heterocycles. The molecule has 0 radical (unpaired) electrons. The molecule has 1 aliphatic rings. The van der Waals surface area contributed by atoms with Gasteiger partial charge in [0.15, 0.2) is 5.13 Å². The van der Waals surface area contributed by atoms with Crippen LogP contribution in [0.4, 0.5) is 9.93 Å². The second-order valence-corrected chi connectivity index (χ2v) is 7.79. The van der Waals surface area contributed by atoms with Gasteiger partial charge in [-0.3, -0.25) is 19.5 Å². The number of hydrogen-bond donors (Lipinski definition) is 2. The van der Waals surface area contributed by atoms with Gasteiger partial charge in [0.2, 0.25) is 5.91 Å². The molecule has 1 atom stereocenters. The number of pyridine rings is 1. The van der Waals surface area contributed by atoms with Crippen LogP contribution in [-0.2, 0) is 16.1 Å². The predicted octanol–water partition coefficient (Wildman–Crippen LogP) is 3.31. The van der Waals surface area contributed by atoms with Gasteiger partial charge in [-0.25, -0.2) is 9.78 Å². The number of imide groups is 1. The molecular formula is C20H16ClN5O3S. The lowest BCUT2D eigenvalue weighted by Crippen LogP contribution is -2.34. The van der Waals surface area contributed by atoms with Crippen molar-refractivity contribution < 1.29 is 14.4 Å². The summed E-state index contributed by atoms with van der Waals surface area (Å²) in [5, 5.41) is 7.86. The van der Waals surface area contributed by atoms with Crippen molar-refractivity contribution in [2.75, 3.05) is 5.32 Å². The van der Waals surface area contributed by atoms with E-state index in [4.69, 9.17) is 11.6 Å². The third-order valence-corrected chi connectivity index (χ3v) is 5.59. The van der Waals surface area contributed by atoms with Gasteiger partial charge in [0.05, 0.1) is 18.7 Å². The molecule has 4 amide bonds. The highest BCUT2D eigenvalue weighted by Crippen LogP contribution is 2.24. The van der Waals surface area contributed by atoms with Gasteiger partial charge in [-0.05, 0) is 23.8 Å². The first-order valence-corrected chi connectivity index (χ1v) is 10.3. The Kier molecular flexibility index (Phi) is 5.73. The molecule has 0 saturated carbocycles. The van der Waals surface area contributed by atoms with E-state index in [2.05, 4.69) is 20.6 Å². The van der Waals surface area contributed by atoms with Gasteiger partial charge >= 0.3 is 6.03 Å². The van der Waals surface area contributed by atoms with E-state index in [0.717, 1.165) is 4.90 Å². The lowest BCUT2D eigenvalue weighted by atomic mass is 10.1. The highest BCUT2D eigenvalue weighted by Gasteiger charge is 2.39. The number of halogens is 1. The van der Waals surface area contributed by atoms with Crippen LogP contribution in [0.15, 0.2) is 54.0 Å². The lowest BCUT2D eigenvalue weighted by molar-refractivity contribution is -0.130. The summed E-state index contributed by atoms with van der Waals surface area (Å²) in [4.78, 5) is 46.8. The molecule has 30 heavy (non-hydrogen) atoms. The van der Waals surface area contributed by atoms with E-state index < -0.39 is 23.9 Å². The Morgan fingerprint density at radius 2 is 1.97 bits per heavy atom. The van der Waals surface area contributed by atoms with E-state index in [-0.39, 0.29) is 13.0 Å². The smallest absolute Gasteiger partial charge is 0.325 e. The van der Waals surface area contributed by atoms with Crippen LogP contribution in [0.25, 0.3) is 11.4 Å². The van der Waals surface area contributed by atoms with Crippen molar-refractivity contribution in [1.29, 1.82) is 0 Å². The van der Waals surface area contributed by atoms with E-state index in [1.807, 2.05) is 12.1 Å². The number of carbonyl (C=O) groups excluding carboxylic acids is 3. The Hall–Kier alpha value is -3.30. The summed E-state index contributed by atoms with van der Waals surface area (Å²) in [6.45, 7) is 0.0440. The number of amides is 4. The number of benzene rings is 1. The van der Waals surface area contributed by atoms with Crippen molar-refractivity contribution in [3.63, 3.8) is 0 Å². The molecule has 0 bridgehead atoms. The Morgan fingerprint density at radius 3 is 2.73 bits per heavy atom. The maximum atomic E-state index is 12.6. The molecule has 1 aromatic carbocycles. The number of hydrogen-bond acceptors (Lipinski definition) is 6. The summed E-state index contributed by atoms with van der Waals surface area (Å²) in [7, 11) is 0. The number of anilines is 1. The maximum Gasteiger partial charge on any atom is 0.325 e. The second kappa shape index (κ2) is 8.60. The van der Waals surface area contributed by atoms with Crippen LogP contribution in [0, 0.1) is 0 Å². The van der Waals surface area contributed by atoms with Gasteiger partial charge in [0.25, 0.3) is 5.91 Å². The zero-order valence-corrected chi connectivity index (χ0v) is 17.1. The number of rotatable bonds is 6. The fourth-order valence-corrected chi connectivity index (χ4v) is 3.90. The standard InChI is InChI=1S/C20H16ClN5O3S/c21-13-6-2-1-5-12(13)10-26-18(28)15(24-20(26)29)9-17(27)25-19-23-16(11-30-19)14-7-3-4-8-22-14/h1-8,11,15H,9-10H2,(H,24,29)(H,23,25,27)/t15-/m0/s1. The molecule has 3 heterocycles. The van der Waals surface area contributed by atoms with Crippen molar-refractivity contribution in [1.82, 2.24) is 20.2 Å². The number of nitrogens with one attached hydrogen (secondary N) is 2. The largest absolute Gasteiger partial charge is 0.325 e. The van der Waals surface area contributed by atoms with Gasteiger partial charge in [-0.2, -0.15) is 0 Å². The lowest BCUT2D eigenvalue weighted by Gasteiger charge is -2.14. The minimum absolute atomic E-state index is 0.0440. The number of carbonyl (C=O) groups is 3. The minimum Gasteiger partial charge on any atom is -0.325 e. The minimum atomic E-state index is -0.935. The first kappa shape index (κ1) is 20.0. The molecule has 1 saturated heterocycles. The predicted molar refractivity (Wildman–Crippen MR) is 113 cm³/mol. The summed E-state index contributed by atoms with van der Waals surface area (Å²) in [5.74, 6) is -0.890. The van der Waals surface area contributed by atoms with E-state index in [1.165, 1.54) is 11.3 Å². The summed E-state index contributed by atoms with van der Waals surface area (Å²) >= 11 is 7.37. The van der Waals surface area contributed by atoms with Crippen molar-refractivity contribution >= 4 is 45.9 Å². The van der Waals surface area contributed by atoms with E-state index in [9.17, 15) is 14.4 Å². The Morgan fingerprint density at radius 1 is 1.17 bits per heavy atom. The fourth-order valence-electron chi connectivity index (χ4n) is 2.98. The monoisotopic (exact) mass is 441 g/mol. The van der Waals surface area contributed by atoms with Crippen LogP contribution in [-0.4, -0.2) is 38.8 Å². The molecule has 0 spiro atoms. The maximum absolute atomic E-state index is 12.6. The molecule has 8 nitrogen and oxygen atoms in total. The average Bonchev–Trinajstić information content (AvgIpc) is 3.30. The quantitative estimate of drug-likeness (QED) is 0.571. The topological polar surface area (TPSA) is 104 Å². The van der Waals surface area contributed by atoms with Crippen molar-refractivity contribution in [3.05, 3.63) is 64.6 Å². The third kappa shape index (κ3) is 4.32. The van der Waals surface area contributed by atoms with Gasteiger partial charge in [-0.15, -0.1) is 11.3 Å². The van der Waals surface area contributed by atoms with Gasteiger partial charge < -0.3 is 10.6 Å². The number of thiazole rings is 1. The second-order valence-electron chi connectivity index (χ2n) is 6.52. The van der Waals surface area contributed by atoms with Crippen molar-refractivity contribution in [2.24, 2.45) is 0 Å². The van der Waals surface area contributed by atoms with E-state index in [0.29, 0.717) is 27.1 Å². The van der Waals surface area contributed by atoms with Gasteiger partial charge in [-0.1, -0.05) is 35.9 Å². The molecule has 0 aliphatic carbocycles. The van der Waals surface area contributed by atoms with Crippen LogP contribution in [0.5, 0.6) is 0 Å². The molecule has 10 heteroatoms. The molecule has 1 fully saturated rings. The van der Waals surface area contributed by atoms with Crippen LogP contribution < -0.4 is 10.6 Å². The zero-order valence-electron chi connectivity index (χ0n) is 15.5. The summed E-state index contributed by atoms with van der Waals surface area (Å²) in [6.07, 6.45) is 1.47. The molecule has 0 unspecified atom stereocenters. The first-order chi connectivity index (χ1) is 14.5. The SMILES string of the molecule is O=C(C[C@@H]1NC(=O)N(Cc2ccccc2Cl)C1=O)Nc1nc(-c2ccccn2)cs1. The van der Waals surface area contributed by atoms with Crippen molar-refractivity contribution in [2.45, 2.75) is 19.0 Å². The van der Waals surface area contributed by atoms with E-state index in [1.54, 1.807) is 41.9 Å². The molecule has 4 rings (SSSR count). The highest BCUT2D eigenvalue weighted by atomic mass is 35.5. The van der Waals surface area contributed by atoms with Crippen LogP contribution in [0.3, 0.4) is 0 Å². The number of urea groups is 1. The summed E-state index contributed by atoms with van der Waals surface area (Å²) in [6, 6.07) is 11.0. The molecule has 152 valence electrons. The first-order valence-electron chi connectivity index (χ1n) is 9.03. The Labute approximate surface area is 180 Å². The summed E-state index contributed by atoms with van der Waals surface area (Å²) in [5.41, 5.74) is 1.99. The summed E-state index contributed by atoms with van der Waals surface area (Å²) < 4.78 is 0. The molecule has 2 N–H and O–H groups in total. The Bertz CT molecular complexity index is 1100. The van der Waals surface area contributed by atoms with Crippen LogP contribution in [0.1, 0.15) is 12.0 Å². The number of aromatic nitrogens is 2. The molecule has 3 aromatic rings.